The van der Waals surface area contributed by atoms with Crippen molar-refractivity contribution < 1.29 is 29.0 Å². The Bertz CT molecular complexity index is 921. The first-order chi connectivity index (χ1) is 14.1. The van der Waals surface area contributed by atoms with E-state index < -0.39 is 42.1 Å². The van der Waals surface area contributed by atoms with Crippen LogP contribution < -0.4 is 15.4 Å². The number of fused-ring (bicyclic) bond motifs is 2. The predicted molar refractivity (Wildman–Crippen MR) is 108 cm³/mol. The summed E-state index contributed by atoms with van der Waals surface area (Å²) in [6, 6.07) is 12.7. The Kier molecular flexibility index (Phi) is 5.96. The van der Waals surface area contributed by atoms with E-state index in [9.17, 15) is 19.5 Å². The lowest BCUT2D eigenvalue weighted by Gasteiger charge is -2.29. The number of hydrogen-bond acceptors (Lipinski definition) is 5. The average molecular weight is 412 g/mol. The van der Waals surface area contributed by atoms with E-state index in [4.69, 9.17) is 9.47 Å². The summed E-state index contributed by atoms with van der Waals surface area (Å²) in [6.45, 7) is 4.99. The van der Waals surface area contributed by atoms with Crippen LogP contribution in [0.2, 0.25) is 0 Å². The molecule has 0 bridgehead atoms. The molecule has 1 atom stereocenters. The fourth-order valence-electron chi connectivity index (χ4n) is 3.12. The molecule has 1 aliphatic heterocycles. The maximum atomic E-state index is 12.7. The summed E-state index contributed by atoms with van der Waals surface area (Å²) in [6.07, 6.45) is -1.35. The zero-order valence-corrected chi connectivity index (χ0v) is 17.0. The van der Waals surface area contributed by atoms with Gasteiger partial charge in [-0.25, -0.2) is 9.59 Å². The van der Waals surface area contributed by atoms with Crippen molar-refractivity contribution in [3.8, 4) is 11.5 Å². The minimum absolute atomic E-state index is 0.448. The van der Waals surface area contributed by atoms with Crippen molar-refractivity contribution >= 4 is 18.0 Å². The van der Waals surface area contributed by atoms with E-state index in [0.717, 1.165) is 11.1 Å². The Balaban J connectivity index is 1.75. The van der Waals surface area contributed by atoms with Crippen LogP contribution in [0.5, 0.6) is 11.5 Å². The molecular weight excluding hydrogens is 388 g/mol. The summed E-state index contributed by atoms with van der Waals surface area (Å²) in [4.78, 5) is 36.2. The third kappa shape index (κ3) is 5.08. The topological polar surface area (TPSA) is 114 Å². The summed E-state index contributed by atoms with van der Waals surface area (Å²) < 4.78 is 11.0. The molecule has 0 aromatic heterocycles. The van der Waals surface area contributed by atoms with Crippen LogP contribution in [0, 0.1) is 0 Å². The van der Waals surface area contributed by atoms with Crippen LogP contribution in [0.25, 0.3) is 0 Å². The Morgan fingerprint density at radius 2 is 1.57 bits per heavy atom. The highest BCUT2D eigenvalue weighted by atomic mass is 16.6. The van der Waals surface area contributed by atoms with E-state index in [0.29, 0.717) is 11.5 Å². The number of para-hydroxylation sites is 2. The lowest BCUT2D eigenvalue weighted by molar-refractivity contribution is -0.141. The zero-order chi connectivity index (χ0) is 21.9. The fourth-order valence-corrected chi connectivity index (χ4v) is 3.12. The zero-order valence-electron chi connectivity index (χ0n) is 17.0. The number of carboxylic acid groups (broad SMARTS) is 1. The van der Waals surface area contributed by atoms with Gasteiger partial charge >= 0.3 is 12.1 Å². The molecular formula is C22H24N2O6. The summed E-state index contributed by atoms with van der Waals surface area (Å²) in [7, 11) is 0. The first-order valence-electron chi connectivity index (χ1n) is 9.51. The first-order valence-corrected chi connectivity index (χ1v) is 9.51. The van der Waals surface area contributed by atoms with Crippen LogP contribution in [-0.4, -0.2) is 34.7 Å². The van der Waals surface area contributed by atoms with Gasteiger partial charge in [0, 0.05) is 11.1 Å². The molecule has 0 fully saturated rings. The number of aliphatic carboxylic acids is 1. The Labute approximate surface area is 174 Å². The van der Waals surface area contributed by atoms with Crippen LogP contribution in [0.4, 0.5) is 4.79 Å². The highest BCUT2D eigenvalue weighted by Gasteiger charge is 2.31. The minimum Gasteiger partial charge on any atom is -0.480 e. The van der Waals surface area contributed by atoms with Crippen molar-refractivity contribution in [2.45, 2.75) is 44.9 Å². The molecule has 158 valence electrons. The van der Waals surface area contributed by atoms with Gasteiger partial charge in [0.1, 0.15) is 23.1 Å². The highest BCUT2D eigenvalue weighted by molar-refractivity contribution is 5.87. The third-order valence-corrected chi connectivity index (χ3v) is 4.36. The van der Waals surface area contributed by atoms with Crippen molar-refractivity contribution in [3.63, 3.8) is 0 Å². The molecule has 1 aliphatic rings. The van der Waals surface area contributed by atoms with Gasteiger partial charge in [-0.15, -0.1) is 0 Å². The van der Waals surface area contributed by atoms with Gasteiger partial charge in [0.15, 0.2) is 0 Å². The molecule has 1 heterocycles. The van der Waals surface area contributed by atoms with Crippen molar-refractivity contribution in [3.05, 3.63) is 59.7 Å². The predicted octanol–water partition coefficient (Wildman–Crippen LogP) is 3.37. The Morgan fingerprint density at radius 1 is 1.03 bits per heavy atom. The fraction of sp³-hybridized carbons (Fsp3) is 0.318. The lowest BCUT2D eigenvalue weighted by Crippen LogP contribution is -2.46. The number of carboxylic acids is 1. The largest absolute Gasteiger partial charge is 0.480 e. The molecule has 2 aromatic carbocycles. The number of alkyl carbamates (subject to hydrolysis) is 1. The van der Waals surface area contributed by atoms with Crippen LogP contribution in [-0.2, 0) is 14.3 Å². The molecule has 30 heavy (non-hydrogen) atoms. The van der Waals surface area contributed by atoms with E-state index in [2.05, 4.69) is 10.6 Å². The van der Waals surface area contributed by atoms with Gasteiger partial charge in [0.05, 0.1) is 12.5 Å². The SMILES string of the molecule is CC(C)(C)OC(=O)N[C@H](CC(=O)NC1c2ccccc2Oc2ccccc21)C(=O)O. The third-order valence-electron chi connectivity index (χ3n) is 4.36. The maximum Gasteiger partial charge on any atom is 0.408 e. The normalized spacial score (nSPS) is 13.8. The van der Waals surface area contributed by atoms with Gasteiger partial charge in [-0.1, -0.05) is 36.4 Å². The number of hydrogen-bond donors (Lipinski definition) is 3. The molecule has 2 amide bonds. The number of amides is 2. The van der Waals surface area contributed by atoms with Crippen LogP contribution in [0.15, 0.2) is 48.5 Å². The van der Waals surface area contributed by atoms with Crippen LogP contribution >= 0.6 is 0 Å². The first kappa shape index (κ1) is 21.2. The summed E-state index contributed by atoms with van der Waals surface area (Å²) in [5, 5.41) is 14.5. The standard InChI is InChI=1S/C22H24N2O6/c1-22(2,3)30-21(28)23-15(20(26)27)12-18(25)24-19-13-8-4-6-10-16(13)29-17-11-7-5-9-14(17)19/h4-11,15,19H,12H2,1-3H3,(H,23,28)(H,24,25)(H,26,27)/t15-/m1/s1. The number of carbonyl (C=O) groups excluding carboxylic acids is 2. The molecule has 3 rings (SSSR count). The van der Waals surface area contributed by atoms with E-state index in [1.807, 2.05) is 36.4 Å². The maximum absolute atomic E-state index is 12.7. The summed E-state index contributed by atoms with van der Waals surface area (Å²) >= 11 is 0. The molecule has 0 spiro atoms. The molecule has 0 unspecified atom stereocenters. The van der Waals surface area contributed by atoms with Gasteiger partial charge in [0.25, 0.3) is 0 Å². The second-order valence-corrected chi connectivity index (χ2v) is 7.92. The van der Waals surface area contributed by atoms with Gasteiger partial charge in [-0.05, 0) is 32.9 Å². The van der Waals surface area contributed by atoms with Crippen molar-refractivity contribution in [2.24, 2.45) is 0 Å². The van der Waals surface area contributed by atoms with Crippen LogP contribution in [0.3, 0.4) is 0 Å². The molecule has 0 saturated heterocycles. The quantitative estimate of drug-likeness (QED) is 0.694. The molecule has 0 radical (unpaired) electrons. The number of carbonyl (C=O) groups is 3. The van der Waals surface area contributed by atoms with E-state index in [-0.39, 0.29) is 0 Å². The summed E-state index contributed by atoms with van der Waals surface area (Å²) in [5.74, 6) is -0.634. The molecule has 3 N–H and O–H groups in total. The van der Waals surface area contributed by atoms with E-state index >= 15 is 0 Å². The van der Waals surface area contributed by atoms with Crippen molar-refractivity contribution in [1.82, 2.24) is 10.6 Å². The molecule has 8 heteroatoms. The van der Waals surface area contributed by atoms with Gasteiger partial charge in [0.2, 0.25) is 5.91 Å². The number of benzene rings is 2. The number of rotatable bonds is 5. The molecule has 0 aliphatic carbocycles. The van der Waals surface area contributed by atoms with Crippen LogP contribution in [0.1, 0.15) is 44.4 Å². The van der Waals surface area contributed by atoms with Crippen molar-refractivity contribution in [1.29, 1.82) is 0 Å². The molecule has 8 nitrogen and oxygen atoms in total. The molecule has 0 saturated carbocycles. The second kappa shape index (κ2) is 8.44. The van der Waals surface area contributed by atoms with Gasteiger partial charge in [-0.2, -0.15) is 0 Å². The second-order valence-electron chi connectivity index (χ2n) is 7.92. The minimum atomic E-state index is -1.43. The Hall–Kier alpha value is -3.55. The monoisotopic (exact) mass is 412 g/mol. The van der Waals surface area contributed by atoms with Gasteiger partial charge in [-0.3, -0.25) is 4.79 Å². The average Bonchev–Trinajstić information content (AvgIpc) is 2.65. The Morgan fingerprint density at radius 3 is 2.07 bits per heavy atom. The van der Waals surface area contributed by atoms with Crippen molar-refractivity contribution in [2.75, 3.05) is 0 Å². The van der Waals surface area contributed by atoms with Gasteiger partial charge < -0.3 is 25.2 Å². The number of ether oxygens (including phenoxy) is 2. The van der Waals surface area contributed by atoms with E-state index in [1.54, 1.807) is 32.9 Å². The van der Waals surface area contributed by atoms with E-state index in [1.165, 1.54) is 0 Å². The highest BCUT2D eigenvalue weighted by Crippen LogP contribution is 2.42. The smallest absolute Gasteiger partial charge is 0.408 e. The lowest BCUT2D eigenvalue weighted by atomic mass is 9.94. The number of nitrogens with one attached hydrogen (secondary N) is 2. The molecule has 2 aromatic rings. The summed E-state index contributed by atoms with van der Waals surface area (Å²) in [5.41, 5.74) is 0.735.